The Morgan fingerprint density at radius 1 is 1.15 bits per heavy atom. The van der Waals surface area contributed by atoms with Gasteiger partial charge in [0.1, 0.15) is 5.69 Å². The van der Waals surface area contributed by atoms with Crippen molar-refractivity contribution in [1.82, 2.24) is 4.98 Å². The van der Waals surface area contributed by atoms with E-state index in [9.17, 15) is 9.59 Å². The first-order chi connectivity index (χ1) is 9.63. The Kier molecular flexibility index (Phi) is 3.95. The molecule has 20 heavy (non-hydrogen) atoms. The Bertz CT molecular complexity index is 655. The van der Waals surface area contributed by atoms with E-state index in [-0.39, 0.29) is 17.0 Å². The van der Waals surface area contributed by atoms with E-state index in [1.807, 2.05) is 0 Å². The molecular formula is C14H12N2O4. The van der Waals surface area contributed by atoms with Crippen LogP contribution in [-0.4, -0.2) is 29.1 Å². The van der Waals surface area contributed by atoms with Gasteiger partial charge in [-0.05, 0) is 24.3 Å². The third-order valence-corrected chi connectivity index (χ3v) is 2.61. The van der Waals surface area contributed by atoms with Crippen LogP contribution < -0.4 is 10.1 Å². The van der Waals surface area contributed by atoms with Gasteiger partial charge < -0.3 is 15.2 Å². The topological polar surface area (TPSA) is 88.5 Å². The number of hydrogen-bond acceptors (Lipinski definition) is 4. The number of methoxy groups -OCH3 is 1. The monoisotopic (exact) mass is 272 g/mol. The standard InChI is InChI=1S/C14H12N2O4/c1-20-13-11(7-4-8-15-13)16-12(17)9-5-2-3-6-10(9)14(18)19/h2-8H,1H3,(H,16,17)(H,18,19). The zero-order chi connectivity index (χ0) is 14.5. The third-order valence-electron chi connectivity index (χ3n) is 2.61. The van der Waals surface area contributed by atoms with Gasteiger partial charge in [-0.25, -0.2) is 9.78 Å². The lowest BCUT2D eigenvalue weighted by Gasteiger charge is -2.10. The number of hydrogen-bond donors (Lipinski definition) is 2. The average Bonchev–Trinajstić information content (AvgIpc) is 2.47. The number of anilines is 1. The van der Waals surface area contributed by atoms with Crippen molar-refractivity contribution in [2.24, 2.45) is 0 Å². The van der Waals surface area contributed by atoms with Crippen molar-refractivity contribution in [1.29, 1.82) is 0 Å². The predicted molar refractivity (Wildman–Crippen MR) is 72.1 cm³/mol. The second kappa shape index (κ2) is 5.83. The minimum absolute atomic E-state index is 0.0622. The van der Waals surface area contributed by atoms with E-state index in [4.69, 9.17) is 9.84 Å². The molecule has 1 amide bonds. The molecule has 0 aliphatic heterocycles. The molecule has 0 aliphatic rings. The molecule has 2 aromatic rings. The summed E-state index contributed by atoms with van der Waals surface area (Å²) >= 11 is 0. The van der Waals surface area contributed by atoms with Gasteiger partial charge in [0.25, 0.3) is 5.91 Å². The number of pyridine rings is 1. The second-order valence-electron chi connectivity index (χ2n) is 3.87. The van der Waals surface area contributed by atoms with Crippen LogP contribution in [0.3, 0.4) is 0 Å². The number of carboxylic acids is 1. The predicted octanol–water partition coefficient (Wildman–Crippen LogP) is 2.04. The van der Waals surface area contributed by atoms with Crippen LogP contribution in [-0.2, 0) is 0 Å². The first kappa shape index (κ1) is 13.5. The van der Waals surface area contributed by atoms with Gasteiger partial charge in [-0.15, -0.1) is 0 Å². The van der Waals surface area contributed by atoms with Crippen LogP contribution in [0.1, 0.15) is 20.7 Å². The van der Waals surface area contributed by atoms with Gasteiger partial charge in [0, 0.05) is 6.20 Å². The number of nitrogens with one attached hydrogen (secondary N) is 1. The maximum atomic E-state index is 12.1. The lowest BCUT2D eigenvalue weighted by Crippen LogP contribution is -2.17. The Balaban J connectivity index is 2.31. The third kappa shape index (κ3) is 2.74. The number of benzene rings is 1. The molecule has 0 aliphatic carbocycles. The van der Waals surface area contributed by atoms with Crippen molar-refractivity contribution >= 4 is 17.6 Å². The van der Waals surface area contributed by atoms with E-state index in [2.05, 4.69) is 10.3 Å². The van der Waals surface area contributed by atoms with Crippen molar-refractivity contribution in [3.8, 4) is 5.88 Å². The number of carbonyl (C=O) groups excluding carboxylic acids is 1. The highest BCUT2D eigenvalue weighted by molar-refractivity contribution is 6.11. The van der Waals surface area contributed by atoms with Crippen molar-refractivity contribution in [2.75, 3.05) is 12.4 Å². The summed E-state index contributed by atoms with van der Waals surface area (Å²) in [6.07, 6.45) is 1.53. The van der Waals surface area contributed by atoms with E-state index < -0.39 is 11.9 Å². The molecule has 6 heteroatoms. The number of nitrogens with zero attached hydrogens (tertiary/aromatic N) is 1. The highest BCUT2D eigenvalue weighted by Crippen LogP contribution is 2.21. The molecule has 0 unspecified atom stereocenters. The summed E-state index contributed by atoms with van der Waals surface area (Å²) in [6.45, 7) is 0. The molecule has 1 heterocycles. The molecule has 2 rings (SSSR count). The Hall–Kier alpha value is -2.89. The summed E-state index contributed by atoms with van der Waals surface area (Å²) in [5, 5.41) is 11.6. The van der Waals surface area contributed by atoms with Gasteiger partial charge in [-0.2, -0.15) is 0 Å². The van der Waals surface area contributed by atoms with Crippen LogP contribution in [0.25, 0.3) is 0 Å². The van der Waals surface area contributed by atoms with Gasteiger partial charge in [0.15, 0.2) is 0 Å². The van der Waals surface area contributed by atoms with E-state index >= 15 is 0 Å². The molecule has 6 nitrogen and oxygen atoms in total. The number of carbonyl (C=O) groups is 2. The largest absolute Gasteiger partial charge is 0.480 e. The molecule has 0 radical (unpaired) electrons. The van der Waals surface area contributed by atoms with Gasteiger partial charge >= 0.3 is 5.97 Å². The summed E-state index contributed by atoms with van der Waals surface area (Å²) in [6, 6.07) is 9.24. The van der Waals surface area contributed by atoms with Crippen molar-refractivity contribution in [3.05, 3.63) is 53.7 Å². The number of rotatable bonds is 4. The summed E-state index contributed by atoms with van der Waals surface area (Å²) in [7, 11) is 1.43. The van der Waals surface area contributed by atoms with Crippen molar-refractivity contribution in [2.45, 2.75) is 0 Å². The lowest BCUT2D eigenvalue weighted by atomic mass is 10.1. The molecule has 0 saturated carbocycles. The molecule has 1 aromatic heterocycles. The molecule has 0 bridgehead atoms. The first-order valence-corrected chi connectivity index (χ1v) is 5.76. The summed E-state index contributed by atoms with van der Waals surface area (Å²) < 4.78 is 5.02. The maximum Gasteiger partial charge on any atom is 0.336 e. The fourth-order valence-corrected chi connectivity index (χ4v) is 1.71. The first-order valence-electron chi connectivity index (χ1n) is 5.76. The van der Waals surface area contributed by atoms with E-state index in [1.165, 1.54) is 25.4 Å². The minimum atomic E-state index is -1.16. The highest BCUT2D eigenvalue weighted by Gasteiger charge is 2.17. The summed E-state index contributed by atoms with van der Waals surface area (Å²) in [5.41, 5.74) is 0.388. The van der Waals surface area contributed by atoms with Gasteiger partial charge in [0.05, 0.1) is 18.2 Å². The Morgan fingerprint density at radius 2 is 1.85 bits per heavy atom. The molecule has 1 aromatic carbocycles. The molecule has 0 fully saturated rings. The molecule has 102 valence electrons. The molecule has 0 atom stereocenters. The quantitative estimate of drug-likeness (QED) is 0.889. The van der Waals surface area contributed by atoms with E-state index in [1.54, 1.807) is 24.3 Å². The zero-order valence-corrected chi connectivity index (χ0v) is 10.7. The molecule has 2 N–H and O–H groups in total. The maximum absolute atomic E-state index is 12.1. The van der Waals surface area contributed by atoms with Gasteiger partial charge in [0.2, 0.25) is 5.88 Å². The SMILES string of the molecule is COc1ncccc1NC(=O)c1ccccc1C(=O)O. The van der Waals surface area contributed by atoms with Gasteiger partial charge in [-0.3, -0.25) is 4.79 Å². The van der Waals surface area contributed by atoms with Gasteiger partial charge in [-0.1, -0.05) is 12.1 Å². The fourth-order valence-electron chi connectivity index (χ4n) is 1.71. The Labute approximate surface area is 115 Å². The second-order valence-corrected chi connectivity index (χ2v) is 3.87. The zero-order valence-electron chi connectivity index (χ0n) is 10.7. The molecule has 0 spiro atoms. The van der Waals surface area contributed by atoms with Crippen LogP contribution in [0.2, 0.25) is 0 Å². The molecular weight excluding hydrogens is 260 g/mol. The summed E-state index contributed by atoms with van der Waals surface area (Å²) in [5.74, 6) is -1.43. The van der Waals surface area contributed by atoms with Crippen LogP contribution in [0, 0.1) is 0 Å². The summed E-state index contributed by atoms with van der Waals surface area (Å²) in [4.78, 5) is 27.2. The number of ether oxygens (including phenoxy) is 1. The number of amides is 1. The number of carboxylic acid groups (broad SMARTS) is 1. The number of aromatic nitrogens is 1. The highest BCUT2D eigenvalue weighted by atomic mass is 16.5. The van der Waals surface area contributed by atoms with E-state index in [0.717, 1.165) is 0 Å². The van der Waals surface area contributed by atoms with Crippen LogP contribution >= 0.6 is 0 Å². The number of aromatic carboxylic acids is 1. The fraction of sp³-hybridized carbons (Fsp3) is 0.0714. The van der Waals surface area contributed by atoms with Crippen LogP contribution in [0.4, 0.5) is 5.69 Å². The average molecular weight is 272 g/mol. The van der Waals surface area contributed by atoms with Crippen LogP contribution in [0.5, 0.6) is 5.88 Å². The lowest BCUT2D eigenvalue weighted by molar-refractivity contribution is 0.0692. The normalized spacial score (nSPS) is 9.85. The van der Waals surface area contributed by atoms with Crippen LogP contribution in [0.15, 0.2) is 42.6 Å². The van der Waals surface area contributed by atoms with E-state index in [0.29, 0.717) is 5.69 Å². The van der Waals surface area contributed by atoms with Crippen molar-refractivity contribution in [3.63, 3.8) is 0 Å². The Morgan fingerprint density at radius 3 is 2.50 bits per heavy atom. The van der Waals surface area contributed by atoms with Crippen molar-refractivity contribution < 1.29 is 19.4 Å². The minimum Gasteiger partial charge on any atom is -0.480 e. The molecule has 0 saturated heterocycles. The smallest absolute Gasteiger partial charge is 0.336 e.